The Morgan fingerprint density at radius 2 is 0.792 bits per heavy atom. The van der Waals surface area contributed by atoms with Gasteiger partial charge in [-0.2, -0.15) is 0 Å². The smallest absolute Gasteiger partial charge is 0.0700 e. The van der Waals surface area contributed by atoms with Crippen LogP contribution in [0.25, 0.3) is 0 Å². The van der Waals surface area contributed by atoms with Gasteiger partial charge in [-0.05, 0) is 19.3 Å². The fourth-order valence-corrected chi connectivity index (χ4v) is 1.23. The van der Waals surface area contributed by atoms with Crippen molar-refractivity contribution in [1.82, 2.24) is 0 Å². The van der Waals surface area contributed by atoms with E-state index in [2.05, 4.69) is 20.8 Å². The highest BCUT2D eigenvalue weighted by molar-refractivity contribution is 4.35. The van der Waals surface area contributed by atoms with E-state index in [0.717, 1.165) is 58.7 Å². The maximum atomic E-state index is 8.24. The first-order valence-electron chi connectivity index (χ1n) is 9.30. The van der Waals surface area contributed by atoms with Gasteiger partial charge in [0, 0.05) is 19.8 Å². The first-order valence-corrected chi connectivity index (χ1v) is 9.30. The van der Waals surface area contributed by atoms with Crippen molar-refractivity contribution in [3.63, 3.8) is 0 Å². The van der Waals surface area contributed by atoms with Crippen LogP contribution in [0.3, 0.4) is 0 Å². The monoisotopic (exact) mass is 354 g/mol. The molecule has 0 heterocycles. The van der Waals surface area contributed by atoms with Gasteiger partial charge < -0.3 is 29.5 Å². The first-order chi connectivity index (χ1) is 11.7. The molecule has 0 rings (SSSR count). The number of ether oxygens (including phenoxy) is 3. The summed E-state index contributed by atoms with van der Waals surface area (Å²) in [5.74, 6) is 0. The second-order valence-electron chi connectivity index (χ2n) is 5.07. The molecule has 6 heteroatoms. The van der Waals surface area contributed by atoms with Crippen molar-refractivity contribution >= 4 is 0 Å². The Morgan fingerprint density at radius 1 is 0.458 bits per heavy atom. The fourth-order valence-electron chi connectivity index (χ4n) is 1.23. The predicted octanol–water partition coefficient (Wildman–Crippen LogP) is 2.39. The van der Waals surface area contributed by atoms with Crippen LogP contribution >= 0.6 is 0 Å². The predicted molar refractivity (Wildman–Crippen MR) is 98.4 cm³/mol. The summed E-state index contributed by atoms with van der Waals surface area (Å²) in [7, 11) is 0. The average Bonchev–Trinajstić information content (AvgIpc) is 2.62. The Kier molecular flexibility index (Phi) is 40.7. The summed E-state index contributed by atoms with van der Waals surface area (Å²) >= 11 is 0. The van der Waals surface area contributed by atoms with Gasteiger partial charge in [0.15, 0.2) is 0 Å². The van der Waals surface area contributed by atoms with Gasteiger partial charge in [0.1, 0.15) is 0 Å². The van der Waals surface area contributed by atoms with E-state index in [9.17, 15) is 0 Å². The van der Waals surface area contributed by atoms with Crippen LogP contribution < -0.4 is 0 Å². The van der Waals surface area contributed by atoms with Gasteiger partial charge in [0.05, 0.1) is 39.6 Å². The summed E-state index contributed by atoms with van der Waals surface area (Å²) in [5, 5.41) is 23.5. The van der Waals surface area contributed by atoms with Gasteiger partial charge in [0.2, 0.25) is 0 Å². The molecule has 0 amide bonds. The molecule has 3 N–H and O–H groups in total. The van der Waals surface area contributed by atoms with E-state index in [1.54, 1.807) is 0 Å². The number of aliphatic hydroxyl groups excluding tert-OH is 3. The Labute approximate surface area is 149 Å². The Balaban J connectivity index is -0.000000316. The van der Waals surface area contributed by atoms with Crippen LogP contribution in [0, 0.1) is 0 Å². The minimum atomic E-state index is -0.125. The quantitative estimate of drug-likeness (QED) is 0.391. The van der Waals surface area contributed by atoms with Gasteiger partial charge in [0.25, 0.3) is 0 Å². The fraction of sp³-hybridized carbons (Fsp3) is 1.00. The third kappa shape index (κ3) is 43.0. The highest BCUT2D eigenvalue weighted by Crippen LogP contribution is 1.90. The van der Waals surface area contributed by atoms with Crippen molar-refractivity contribution < 1.29 is 29.5 Å². The molecular weight excluding hydrogens is 312 g/mol. The highest BCUT2D eigenvalue weighted by Gasteiger charge is 1.88. The molecule has 0 spiro atoms. The minimum absolute atomic E-state index is 0.125. The number of unbranched alkanes of at least 4 members (excludes halogenated alkanes) is 3. The van der Waals surface area contributed by atoms with E-state index in [-0.39, 0.29) is 19.8 Å². The van der Waals surface area contributed by atoms with E-state index in [4.69, 9.17) is 29.5 Å². The van der Waals surface area contributed by atoms with Crippen LogP contribution in [0.2, 0.25) is 0 Å². The summed E-state index contributed by atoms with van der Waals surface area (Å²) in [6.07, 6.45) is 6.99. The van der Waals surface area contributed by atoms with Gasteiger partial charge in [-0.3, -0.25) is 0 Å². The molecule has 0 fully saturated rings. The molecule has 0 aliphatic carbocycles. The molecule has 0 aliphatic rings. The second-order valence-corrected chi connectivity index (χ2v) is 5.07. The van der Waals surface area contributed by atoms with Crippen LogP contribution in [0.4, 0.5) is 0 Å². The molecule has 0 unspecified atom stereocenters. The largest absolute Gasteiger partial charge is 0.394 e. The van der Waals surface area contributed by atoms with Gasteiger partial charge >= 0.3 is 0 Å². The van der Waals surface area contributed by atoms with Gasteiger partial charge in [-0.1, -0.05) is 40.0 Å². The molecule has 0 saturated carbocycles. The lowest BCUT2D eigenvalue weighted by molar-refractivity contribution is 0.0457. The molecule has 0 radical (unpaired) electrons. The number of aliphatic hydroxyl groups is 3. The van der Waals surface area contributed by atoms with Crippen LogP contribution in [-0.4, -0.2) is 74.8 Å². The summed E-state index contributed by atoms with van der Waals surface area (Å²) in [6, 6.07) is 0. The van der Waals surface area contributed by atoms with Crippen LogP contribution in [0.5, 0.6) is 0 Å². The Morgan fingerprint density at radius 3 is 1.04 bits per heavy atom. The lowest BCUT2D eigenvalue weighted by atomic mass is 10.4. The normalized spacial score (nSPS) is 9.75. The topological polar surface area (TPSA) is 88.4 Å². The van der Waals surface area contributed by atoms with Crippen molar-refractivity contribution in [1.29, 1.82) is 0 Å². The Hall–Kier alpha value is -0.240. The second kappa shape index (κ2) is 34.2. The first kappa shape index (κ1) is 28.6. The maximum absolute atomic E-state index is 8.24. The van der Waals surface area contributed by atoms with Crippen molar-refractivity contribution in [2.24, 2.45) is 0 Å². The summed E-state index contributed by atoms with van der Waals surface area (Å²) in [4.78, 5) is 0. The lowest BCUT2D eigenvalue weighted by Gasteiger charge is -2.03. The third-order valence-electron chi connectivity index (χ3n) is 2.63. The molecular formula is C18H42O6. The molecule has 0 saturated heterocycles. The van der Waals surface area contributed by atoms with E-state index < -0.39 is 0 Å². The summed E-state index contributed by atoms with van der Waals surface area (Å²) < 4.78 is 15.6. The molecule has 0 aromatic carbocycles. The summed E-state index contributed by atoms with van der Waals surface area (Å²) in [6.45, 7) is 10.9. The summed E-state index contributed by atoms with van der Waals surface area (Å²) in [5.41, 5.74) is 0. The third-order valence-corrected chi connectivity index (χ3v) is 2.63. The molecule has 24 heavy (non-hydrogen) atoms. The van der Waals surface area contributed by atoms with E-state index >= 15 is 0 Å². The molecule has 0 aromatic rings. The van der Waals surface area contributed by atoms with Crippen molar-refractivity contribution in [3.8, 4) is 0 Å². The zero-order valence-corrected chi connectivity index (χ0v) is 16.2. The standard InChI is InChI=1S/C10H22O2.C6H14O2.C2H6O2/c1-3-5-7-11-9-10-12-8-6-4-2;1-2-3-5-8-6-4-7;3-1-2-4/h3-10H2,1-2H3;7H,2-6H2,1H3;3-4H,1-2H2. The SMILES string of the molecule is CCCCOCCO.CCCCOCCOCCCC.OCCO. The lowest BCUT2D eigenvalue weighted by Crippen LogP contribution is -2.05. The van der Waals surface area contributed by atoms with Crippen molar-refractivity contribution in [3.05, 3.63) is 0 Å². The molecule has 0 atom stereocenters. The van der Waals surface area contributed by atoms with Crippen LogP contribution in [0.15, 0.2) is 0 Å². The Bertz CT molecular complexity index is 152. The molecule has 6 nitrogen and oxygen atoms in total. The number of hydrogen-bond donors (Lipinski definition) is 3. The number of rotatable bonds is 15. The minimum Gasteiger partial charge on any atom is -0.394 e. The van der Waals surface area contributed by atoms with Gasteiger partial charge in [-0.15, -0.1) is 0 Å². The van der Waals surface area contributed by atoms with Crippen molar-refractivity contribution in [2.75, 3.05) is 59.5 Å². The van der Waals surface area contributed by atoms with E-state index in [1.807, 2.05) is 0 Å². The molecule has 150 valence electrons. The van der Waals surface area contributed by atoms with Crippen LogP contribution in [-0.2, 0) is 14.2 Å². The molecule has 0 aliphatic heterocycles. The highest BCUT2D eigenvalue weighted by atomic mass is 16.5. The molecule has 0 aromatic heterocycles. The average molecular weight is 355 g/mol. The van der Waals surface area contributed by atoms with Crippen LogP contribution in [0.1, 0.15) is 59.3 Å². The van der Waals surface area contributed by atoms with E-state index in [0.29, 0.717) is 6.61 Å². The van der Waals surface area contributed by atoms with Crippen molar-refractivity contribution in [2.45, 2.75) is 59.3 Å². The zero-order valence-electron chi connectivity index (χ0n) is 16.2. The van der Waals surface area contributed by atoms with E-state index in [1.165, 1.54) is 12.8 Å². The molecule has 0 bridgehead atoms. The number of hydrogen-bond acceptors (Lipinski definition) is 6. The maximum Gasteiger partial charge on any atom is 0.0700 e. The van der Waals surface area contributed by atoms with Gasteiger partial charge in [-0.25, -0.2) is 0 Å². The zero-order chi connectivity index (χ0) is 18.7.